The van der Waals surface area contributed by atoms with Crippen molar-refractivity contribution < 1.29 is 4.74 Å². The van der Waals surface area contributed by atoms with Crippen molar-refractivity contribution in [1.82, 2.24) is 0 Å². The molecule has 0 saturated heterocycles. The summed E-state index contributed by atoms with van der Waals surface area (Å²) in [6, 6.07) is 0. The van der Waals surface area contributed by atoms with E-state index >= 15 is 0 Å². The van der Waals surface area contributed by atoms with Gasteiger partial charge in [-0.15, -0.1) is 11.6 Å². The van der Waals surface area contributed by atoms with E-state index in [1.807, 2.05) is 6.92 Å². The van der Waals surface area contributed by atoms with Gasteiger partial charge in [-0.3, -0.25) is 0 Å². The molecule has 1 atom stereocenters. The number of alkyl halides is 2. The fourth-order valence-corrected chi connectivity index (χ4v) is 1.68. The molecule has 0 spiro atoms. The summed E-state index contributed by atoms with van der Waals surface area (Å²) in [7, 11) is 0. The Balaban J connectivity index is 3.50. The zero-order chi connectivity index (χ0) is 10.3. The minimum absolute atomic E-state index is 0.196. The molecule has 3 heteroatoms. The highest BCUT2D eigenvalue weighted by Crippen LogP contribution is 2.16. The fraction of sp³-hybridized carbons (Fsp3) is 1.00. The van der Waals surface area contributed by atoms with E-state index < -0.39 is 0 Å². The second kappa shape index (κ2) is 7.08. The third kappa shape index (κ3) is 6.75. The van der Waals surface area contributed by atoms with Crippen LogP contribution >= 0.6 is 27.5 Å². The van der Waals surface area contributed by atoms with Crippen molar-refractivity contribution in [2.24, 2.45) is 5.92 Å². The number of halogens is 2. The van der Waals surface area contributed by atoms with Gasteiger partial charge in [0.2, 0.25) is 0 Å². The Morgan fingerprint density at radius 2 is 2.08 bits per heavy atom. The van der Waals surface area contributed by atoms with Crippen LogP contribution in [0.1, 0.15) is 33.6 Å². The highest BCUT2D eigenvalue weighted by atomic mass is 79.9. The molecule has 0 saturated carbocycles. The first kappa shape index (κ1) is 13.7. The minimum atomic E-state index is -0.196. The highest BCUT2D eigenvalue weighted by molar-refractivity contribution is 9.09. The summed E-state index contributed by atoms with van der Waals surface area (Å²) in [6.45, 7) is 7.30. The second-order valence-corrected chi connectivity index (χ2v) is 4.93. The molecule has 0 aromatic heterocycles. The second-order valence-electron chi connectivity index (χ2n) is 4.10. The molecule has 0 aliphatic carbocycles. The Morgan fingerprint density at radius 1 is 1.46 bits per heavy atom. The molecule has 0 fully saturated rings. The molecule has 1 unspecified atom stereocenters. The monoisotopic (exact) mass is 270 g/mol. The van der Waals surface area contributed by atoms with E-state index in [0.29, 0.717) is 5.88 Å². The molecule has 0 aliphatic heterocycles. The van der Waals surface area contributed by atoms with Crippen LogP contribution in [0.4, 0.5) is 0 Å². The summed E-state index contributed by atoms with van der Waals surface area (Å²) in [5.41, 5.74) is -0.196. The van der Waals surface area contributed by atoms with E-state index in [1.165, 1.54) is 6.42 Å². The highest BCUT2D eigenvalue weighted by Gasteiger charge is 2.21. The predicted octanol–water partition coefficient (Wildman–Crippen LogP) is 3.83. The average molecular weight is 272 g/mol. The Bertz CT molecular complexity index is 124. The van der Waals surface area contributed by atoms with Crippen molar-refractivity contribution in [3.05, 3.63) is 0 Å². The normalized spacial score (nSPS) is 16.2. The Kier molecular flexibility index (Phi) is 7.48. The topological polar surface area (TPSA) is 9.23 Å². The van der Waals surface area contributed by atoms with Gasteiger partial charge in [-0.05, 0) is 25.7 Å². The molecule has 0 aliphatic rings. The van der Waals surface area contributed by atoms with Crippen LogP contribution < -0.4 is 0 Å². The summed E-state index contributed by atoms with van der Waals surface area (Å²) in [5, 5.41) is 0.797. The Morgan fingerprint density at radius 3 is 2.46 bits per heavy atom. The molecule has 0 amide bonds. The average Bonchev–Trinajstić information content (AvgIpc) is 2.12. The van der Waals surface area contributed by atoms with Crippen molar-refractivity contribution in [2.75, 3.05) is 17.8 Å². The maximum Gasteiger partial charge on any atom is 0.0885 e. The van der Waals surface area contributed by atoms with Crippen LogP contribution in [0.15, 0.2) is 0 Å². The van der Waals surface area contributed by atoms with E-state index in [1.54, 1.807) is 0 Å². The first-order chi connectivity index (χ1) is 6.04. The maximum absolute atomic E-state index is 5.80. The Labute approximate surface area is 95.3 Å². The van der Waals surface area contributed by atoms with Crippen LogP contribution in [-0.4, -0.2) is 23.4 Å². The summed E-state index contributed by atoms with van der Waals surface area (Å²) >= 11 is 9.20. The van der Waals surface area contributed by atoms with E-state index in [4.69, 9.17) is 16.3 Å². The lowest BCUT2D eigenvalue weighted by Gasteiger charge is -2.25. The van der Waals surface area contributed by atoms with Gasteiger partial charge in [0.15, 0.2) is 0 Å². The maximum atomic E-state index is 5.80. The van der Waals surface area contributed by atoms with Gasteiger partial charge in [0, 0.05) is 11.9 Å². The molecule has 13 heavy (non-hydrogen) atoms. The lowest BCUT2D eigenvalue weighted by atomic mass is 10.1. The molecule has 0 bridgehead atoms. The number of rotatable bonds is 7. The summed E-state index contributed by atoms with van der Waals surface area (Å²) in [6.07, 6.45) is 2.35. The standard InChI is InChI=1S/C10H20BrClO/c1-9(2)5-4-6-13-10(3,7-11)8-12/h9H,4-8H2,1-3H3. The van der Waals surface area contributed by atoms with Gasteiger partial charge in [0.1, 0.15) is 0 Å². The largest absolute Gasteiger partial charge is 0.373 e. The molecule has 0 aromatic rings. The summed E-state index contributed by atoms with van der Waals surface area (Å²) in [4.78, 5) is 0. The van der Waals surface area contributed by atoms with Crippen molar-refractivity contribution in [1.29, 1.82) is 0 Å². The van der Waals surface area contributed by atoms with Gasteiger partial charge in [-0.2, -0.15) is 0 Å². The SMILES string of the molecule is CC(C)CCCOC(C)(CCl)CBr. The first-order valence-corrected chi connectivity index (χ1v) is 6.45. The number of hydrogen-bond acceptors (Lipinski definition) is 1. The van der Waals surface area contributed by atoms with Gasteiger partial charge in [-0.1, -0.05) is 29.8 Å². The summed E-state index contributed by atoms with van der Waals surface area (Å²) in [5.74, 6) is 1.30. The van der Waals surface area contributed by atoms with Crippen LogP contribution in [-0.2, 0) is 4.74 Å². The molecular weight excluding hydrogens is 251 g/mol. The molecule has 80 valence electrons. The molecule has 0 N–H and O–H groups in total. The minimum Gasteiger partial charge on any atom is -0.373 e. The van der Waals surface area contributed by atoms with Crippen LogP contribution in [0.25, 0.3) is 0 Å². The third-order valence-corrected chi connectivity index (χ3v) is 3.69. The van der Waals surface area contributed by atoms with Crippen molar-refractivity contribution in [3.63, 3.8) is 0 Å². The van der Waals surface area contributed by atoms with E-state index in [-0.39, 0.29) is 5.60 Å². The molecule has 0 rings (SSSR count). The smallest absolute Gasteiger partial charge is 0.0885 e. The quantitative estimate of drug-likeness (QED) is 0.505. The van der Waals surface area contributed by atoms with Crippen LogP contribution in [0.3, 0.4) is 0 Å². The molecule has 0 aromatic carbocycles. The van der Waals surface area contributed by atoms with E-state index in [9.17, 15) is 0 Å². The summed E-state index contributed by atoms with van der Waals surface area (Å²) < 4.78 is 5.70. The van der Waals surface area contributed by atoms with Crippen LogP contribution in [0.5, 0.6) is 0 Å². The van der Waals surface area contributed by atoms with Crippen molar-refractivity contribution in [3.8, 4) is 0 Å². The molecule has 0 heterocycles. The van der Waals surface area contributed by atoms with Crippen molar-refractivity contribution >= 4 is 27.5 Å². The number of ether oxygens (including phenoxy) is 1. The van der Waals surface area contributed by atoms with E-state index in [2.05, 4.69) is 29.8 Å². The molecule has 0 radical (unpaired) electrons. The first-order valence-electron chi connectivity index (χ1n) is 4.80. The Hall–Kier alpha value is 0.730. The zero-order valence-electron chi connectivity index (χ0n) is 8.78. The molecular formula is C10H20BrClO. The van der Waals surface area contributed by atoms with Crippen molar-refractivity contribution in [2.45, 2.75) is 39.2 Å². The van der Waals surface area contributed by atoms with Gasteiger partial charge in [0.05, 0.1) is 11.5 Å². The van der Waals surface area contributed by atoms with Crippen LogP contribution in [0, 0.1) is 5.92 Å². The zero-order valence-corrected chi connectivity index (χ0v) is 11.1. The van der Waals surface area contributed by atoms with Gasteiger partial charge in [0.25, 0.3) is 0 Å². The molecule has 1 nitrogen and oxygen atoms in total. The third-order valence-electron chi connectivity index (χ3n) is 1.94. The van der Waals surface area contributed by atoms with Gasteiger partial charge < -0.3 is 4.74 Å². The predicted molar refractivity (Wildman–Crippen MR) is 62.9 cm³/mol. The number of hydrogen-bond donors (Lipinski definition) is 0. The van der Waals surface area contributed by atoms with E-state index in [0.717, 1.165) is 24.3 Å². The van der Waals surface area contributed by atoms with Crippen LogP contribution in [0.2, 0.25) is 0 Å². The lowest BCUT2D eigenvalue weighted by Crippen LogP contribution is -2.33. The van der Waals surface area contributed by atoms with Gasteiger partial charge >= 0.3 is 0 Å². The van der Waals surface area contributed by atoms with Gasteiger partial charge in [-0.25, -0.2) is 0 Å². The fourth-order valence-electron chi connectivity index (χ4n) is 0.923. The lowest BCUT2D eigenvalue weighted by molar-refractivity contribution is 0.00170.